The number of likely N-dealkylation sites (N-methyl/N-ethyl adjacent to an activating group) is 1. The number of nitrogens with zero attached hydrogens (tertiary/aromatic N) is 2. The highest BCUT2D eigenvalue weighted by Gasteiger charge is 2.15. The van der Waals surface area contributed by atoms with Crippen LogP contribution in [0, 0.1) is 0 Å². The number of aromatic nitrogens is 2. The molecule has 2 heterocycles. The van der Waals surface area contributed by atoms with E-state index in [0.717, 1.165) is 34.2 Å². The van der Waals surface area contributed by atoms with Gasteiger partial charge in [0.25, 0.3) is 0 Å². The first-order chi connectivity index (χ1) is 10.3. The highest BCUT2D eigenvalue weighted by Crippen LogP contribution is 2.25. The molecule has 1 atom stereocenters. The molecule has 1 unspecified atom stereocenters. The van der Waals surface area contributed by atoms with Crippen LogP contribution in [0.15, 0.2) is 46.4 Å². The smallest absolute Gasteiger partial charge is 0.0890 e. The maximum absolute atomic E-state index is 4.77. The number of nitrogens with one attached hydrogen (secondary N) is 1. The van der Waals surface area contributed by atoms with Crippen LogP contribution >= 0.6 is 27.3 Å². The summed E-state index contributed by atoms with van der Waals surface area (Å²) in [4.78, 5) is 10.6. The Balaban J connectivity index is 1.90. The lowest BCUT2D eigenvalue weighted by molar-refractivity contribution is 0.540. The Kier molecular flexibility index (Phi) is 4.63. The fraction of sp³-hybridized carbons (Fsp3) is 0.250. The summed E-state index contributed by atoms with van der Waals surface area (Å²) in [5.74, 6) is 0. The van der Waals surface area contributed by atoms with E-state index in [0.29, 0.717) is 0 Å². The van der Waals surface area contributed by atoms with E-state index in [1.54, 1.807) is 11.3 Å². The molecule has 0 aliphatic carbocycles. The second-order valence-corrected chi connectivity index (χ2v) is 6.74. The zero-order chi connectivity index (χ0) is 14.7. The molecule has 5 heteroatoms. The van der Waals surface area contributed by atoms with E-state index in [1.165, 1.54) is 4.88 Å². The van der Waals surface area contributed by atoms with Gasteiger partial charge in [-0.2, -0.15) is 0 Å². The fourth-order valence-electron chi connectivity index (χ4n) is 2.33. The summed E-state index contributed by atoms with van der Waals surface area (Å²) in [5.41, 5.74) is 2.89. The Morgan fingerprint density at radius 2 is 2.10 bits per heavy atom. The SMILES string of the molecule is CCNC(Cc1cc(Br)cs1)c1cnc2ccccc2n1. The first kappa shape index (κ1) is 14.6. The van der Waals surface area contributed by atoms with E-state index in [1.807, 2.05) is 30.5 Å². The van der Waals surface area contributed by atoms with E-state index < -0.39 is 0 Å². The summed E-state index contributed by atoms with van der Waals surface area (Å²) in [7, 11) is 0. The van der Waals surface area contributed by atoms with Crippen molar-refractivity contribution in [3.05, 3.63) is 57.0 Å². The highest BCUT2D eigenvalue weighted by molar-refractivity contribution is 9.10. The molecule has 0 bridgehead atoms. The van der Waals surface area contributed by atoms with Crippen molar-refractivity contribution in [1.29, 1.82) is 0 Å². The molecule has 108 valence electrons. The Hall–Kier alpha value is -1.30. The summed E-state index contributed by atoms with van der Waals surface area (Å²) in [5, 5.41) is 5.63. The zero-order valence-electron chi connectivity index (χ0n) is 11.7. The minimum absolute atomic E-state index is 0.192. The Morgan fingerprint density at radius 3 is 2.81 bits per heavy atom. The largest absolute Gasteiger partial charge is 0.309 e. The molecule has 0 aliphatic heterocycles. The van der Waals surface area contributed by atoms with Crippen molar-refractivity contribution in [1.82, 2.24) is 15.3 Å². The van der Waals surface area contributed by atoms with E-state index in [4.69, 9.17) is 4.98 Å². The van der Waals surface area contributed by atoms with Gasteiger partial charge in [0, 0.05) is 21.2 Å². The van der Waals surface area contributed by atoms with Crippen LogP contribution < -0.4 is 5.32 Å². The van der Waals surface area contributed by atoms with Crippen molar-refractivity contribution in [3.8, 4) is 0 Å². The summed E-state index contributed by atoms with van der Waals surface area (Å²) >= 11 is 5.28. The van der Waals surface area contributed by atoms with E-state index in [9.17, 15) is 0 Å². The van der Waals surface area contributed by atoms with Crippen LogP contribution in [0.4, 0.5) is 0 Å². The maximum Gasteiger partial charge on any atom is 0.0890 e. The lowest BCUT2D eigenvalue weighted by Crippen LogP contribution is -2.23. The van der Waals surface area contributed by atoms with Crippen LogP contribution in [0.1, 0.15) is 23.5 Å². The number of benzene rings is 1. The number of thiophene rings is 1. The Morgan fingerprint density at radius 1 is 1.29 bits per heavy atom. The van der Waals surface area contributed by atoms with Crippen LogP contribution in [0.3, 0.4) is 0 Å². The van der Waals surface area contributed by atoms with Gasteiger partial charge in [0.1, 0.15) is 0 Å². The van der Waals surface area contributed by atoms with Gasteiger partial charge in [-0.25, -0.2) is 4.98 Å². The monoisotopic (exact) mass is 361 g/mol. The molecule has 3 rings (SSSR count). The quantitative estimate of drug-likeness (QED) is 0.733. The van der Waals surface area contributed by atoms with Gasteiger partial charge < -0.3 is 5.32 Å². The number of rotatable bonds is 5. The zero-order valence-corrected chi connectivity index (χ0v) is 14.1. The lowest BCUT2D eigenvalue weighted by atomic mass is 10.1. The Labute approximate surface area is 136 Å². The van der Waals surface area contributed by atoms with Crippen molar-refractivity contribution in [2.45, 2.75) is 19.4 Å². The summed E-state index contributed by atoms with van der Waals surface area (Å²) in [6.45, 7) is 3.03. The van der Waals surface area contributed by atoms with Gasteiger partial charge in [0.15, 0.2) is 0 Å². The molecule has 0 spiro atoms. The minimum atomic E-state index is 0.192. The van der Waals surface area contributed by atoms with Crippen molar-refractivity contribution in [2.24, 2.45) is 0 Å². The molecule has 0 fully saturated rings. The van der Waals surface area contributed by atoms with Crippen LogP contribution in [0.2, 0.25) is 0 Å². The third-order valence-corrected chi connectivity index (χ3v) is 5.02. The second kappa shape index (κ2) is 6.64. The minimum Gasteiger partial charge on any atom is -0.309 e. The molecule has 0 aliphatic rings. The molecule has 0 saturated carbocycles. The fourth-order valence-corrected chi connectivity index (χ4v) is 3.83. The number of halogens is 1. The van der Waals surface area contributed by atoms with Crippen molar-refractivity contribution in [2.75, 3.05) is 6.54 Å². The van der Waals surface area contributed by atoms with E-state index in [-0.39, 0.29) is 6.04 Å². The Bertz CT molecular complexity index is 741. The first-order valence-electron chi connectivity index (χ1n) is 6.94. The molecule has 1 aromatic carbocycles. The van der Waals surface area contributed by atoms with Gasteiger partial charge in [-0.15, -0.1) is 11.3 Å². The predicted octanol–water partition coefficient (Wildman–Crippen LogP) is 4.35. The number of hydrogen-bond donors (Lipinski definition) is 1. The number of hydrogen-bond acceptors (Lipinski definition) is 4. The van der Waals surface area contributed by atoms with E-state index in [2.05, 4.69) is 44.6 Å². The number of fused-ring (bicyclic) bond motifs is 1. The van der Waals surface area contributed by atoms with Gasteiger partial charge in [0.05, 0.1) is 29.0 Å². The predicted molar refractivity (Wildman–Crippen MR) is 91.7 cm³/mol. The maximum atomic E-state index is 4.77. The summed E-state index contributed by atoms with van der Waals surface area (Å²) < 4.78 is 1.14. The third kappa shape index (κ3) is 3.48. The summed E-state index contributed by atoms with van der Waals surface area (Å²) in [6.07, 6.45) is 2.81. The molecular formula is C16H16BrN3S. The molecule has 21 heavy (non-hydrogen) atoms. The van der Waals surface area contributed by atoms with Gasteiger partial charge >= 0.3 is 0 Å². The van der Waals surface area contributed by atoms with Crippen LogP contribution in [0.5, 0.6) is 0 Å². The number of para-hydroxylation sites is 2. The van der Waals surface area contributed by atoms with Crippen LogP contribution in [0.25, 0.3) is 11.0 Å². The second-order valence-electron chi connectivity index (χ2n) is 4.83. The van der Waals surface area contributed by atoms with Gasteiger partial charge in [-0.05, 0) is 40.7 Å². The molecular weight excluding hydrogens is 346 g/mol. The van der Waals surface area contributed by atoms with E-state index >= 15 is 0 Å². The average molecular weight is 362 g/mol. The topological polar surface area (TPSA) is 37.8 Å². The molecule has 3 aromatic rings. The van der Waals surface area contributed by atoms with Gasteiger partial charge in [0.2, 0.25) is 0 Å². The average Bonchev–Trinajstić information content (AvgIpc) is 2.91. The van der Waals surface area contributed by atoms with Crippen molar-refractivity contribution >= 4 is 38.3 Å². The molecule has 0 saturated heterocycles. The normalized spacial score (nSPS) is 12.7. The molecule has 2 aromatic heterocycles. The first-order valence-corrected chi connectivity index (χ1v) is 8.61. The highest BCUT2D eigenvalue weighted by atomic mass is 79.9. The van der Waals surface area contributed by atoms with Crippen molar-refractivity contribution in [3.63, 3.8) is 0 Å². The molecule has 0 amide bonds. The van der Waals surface area contributed by atoms with Crippen molar-refractivity contribution < 1.29 is 0 Å². The molecule has 3 nitrogen and oxygen atoms in total. The van der Waals surface area contributed by atoms with Gasteiger partial charge in [-0.1, -0.05) is 19.1 Å². The van der Waals surface area contributed by atoms with Crippen LogP contribution in [-0.2, 0) is 6.42 Å². The van der Waals surface area contributed by atoms with Crippen LogP contribution in [-0.4, -0.2) is 16.5 Å². The molecule has 1 N–H and O–H groups in total. The summed E-state index contributed by atoms with van der Waals surface area (Å²) in [6, 6.07) is 10.4. The van der Waals surface area contributed by atoms with Gasteiger partial charge in [-0.3, -0.25) is 4.98 Å². The third-order valence-electron chi connectivity index (χ3n) is 3.30. The standard InChI is InChI=1S/C16H16BrN3S/c1-2-18-15(8-12-7-11(17)10-21-12)16-9-19-13-5-3-4-6-14(13)20-16/h3-7,9-10,15,18H,2,8H2,1H3. The molecule has 0 radical (unpaired) electrons. The lowest BCUT2D eigenvalue weighted by Gasteiger charge is -2.16.